The first-order chi connectivity index (χ1) is 17.3. The number of nitrogens with zero attached hydrogens (tertiary/aromatic N) is 1. The van der Waals surface area contributed by atoms with Gasteiger partial charge in [-0.2, -0.15) is 0 Å². The van der Waals surface area contributed by atoms with E-state index >= 15 is 0 Å². The first-order valence-corrected chi connectivity index (χ1v) is 12.5. The summed E-state index contributed by atoms with van der Waals surface area (Å²) in [5.74, 6) is 1.04. The molecule has 2 aromatic rings. The molecule has 4 rings (SSSR count). The number of rotatable bonds is 7. The number of alkyl halides is 3. The maximum Gasteiger partial charge on any atom is 0.573 e. The summed E-state index contributed by atoms with van der Waals surface area (Å²) in [5, 5.41) is 3.06. The van der Waals surface area contributed by atoms with E-state index in [1.807, 2.05) is 12.1 Å². The number of carbonyl (C=O) groups is 1. The molecule has 1 amide bonds. The van der Waals surface area contributed by atoms with Gasteiger partial charge in [-0.1, -0.05) is 30.3 Å². The zero-order valence-electron chi connectivity index (χ0n) is 20.5. The predicted molar refractivity (Wildman–Crippen MR) is 133 cm³/mol. The van der Waals surface area contributed by atoms with Crippen molar-refractivity contribution >= 4 is 12.0 Å². The fraction of sp³-hybridized carbons (Fsp3) is 0.464. The van der Waals surface area contributed by atoms with Crippen LogP contribution in [0.2, 0.25) is 0 Å². The summed E-state index contributed by atoms with van der Waals surface area (Å²) in [6, 6.07) is 14.4. The Morgan fingerprint density at radius 3 is 2.28 bits per heavy atom. The van der Waals surface area contributed by atoms with Gasteiger partial charge >= 0.3 is 6.36 Å². The molecule has 1 heterocycles. The van der Waals surface area contributed by atoms with Crippen LogP contribution in [0.15, 0.2) is 54.6 Å². The summed E-state index contributed by atoms with van der Waals surface area (Å²) in [7, 11) is 1.73. The SMILES string of the molecule is COc1ccccc1C1CCN(C2CCC(NC(=O)/C=C/c3ccc(OC(F)(F)F)cc3)CC2)CC1. The monoisotopic (exact) mass is 502 g/mol. The van der Waals surface area contributed by atoms with E-state index < -0.39 is 6.36 Å². The van der Waals surface area contributed by atoms with Gasteiger partial charge in [0.2, 0.25) is 5.91 Å². The van der Waals surface area contributed by atoms with Gasteiger partial charge in [-0.3, -0.25) is 4.79 Å². The van der Waals surface area contributed by atoms with Crippen LogP contribution < -0.4 is 14.8 Å². The van der Waals surface area contributed by atoms with E-state index in [0.29, 0.717) is 17.5 Å². The van der Waals surface area contributed by atoms with Crippen molar-refractivity contribution in [3.05, 3.63) is 65.7 Å². The van der Waals surface area contributed by atoms with E-state index in [-0.39, 0.29) is 17.7 Å². The Morgan fingerprint density at radius 1 is 0.972 bits per heavy atom. The number of piperidine rings is 1. The van der Waals surface area contributed by atoms with Gasteiger partial charge in [-0.05, 0) is 92.9 Å². The highest BCUT2D eigenvalue weighted by molar-refractivity contribution is 5.91. The molecule has 2 fully saturated rings. The van der Waals surface area contributed by atoms with Crippen LogP contribution in [0.5, 0.6) is 11.5 Å². The highest BCUT2D eigenvalue weighted by Gasteiger charge is 2.31. The Balaban J connectivity index is 1.19. The summed E-state index contributed by atoms with van der Waals surface area (Å²) >= 11 is 0. The molecule has 5 nitrogen and oxygen atoms in total. The summed E-state index contributed by atoms with van der Waals surface area (Å²) < 4.78 is 46.2. The third kappa shape index (κ3) is 7.26. The number of hydrogen-bond donors (Lipinski definition) is 1. The van der Waals surface area contributed by atoms with Crippen molar-refractivity contribution in [2.45, 2.75) is 62.9 Å². The fourth-order valence-corrected chi connectivity index (χ4v) is 5.37. The second kappa shape index (κ2) is 11.8. The largest absolute Gasteiger partial charge is 0.573 e. The molecule has 0 bridgehead atoms. The van der Waals surface area contributed by atoms with Crippen LogP contribution in [-0.4, -0.2) is 49.5 Å². The molecular formula is C28H33F3N2O3. The lowest BCUT2D eigenvalue weighted by molar-refractivity contribution is -0.274. The Morgan fingerprint density at radius 2 is 1.64 bits per heavy atom. The summed E-state index contributed by atoms with van der Waals surface area (Å²) in [4.78, 5) is 15.0. The molecule has 0 aromatic heterocycles. The number of amides is 1. The van der Waals surface area contributed by atoms with Crippen molar-refractivity contribution < 1.29 is 27.4 Å². The minimum absolute atomic E-state index is 0.145. The number of hydrogen-bond acceptors (Lipinski definition) is 4. The summed E-state index contributed by atoms with van der Waals surface area (Å²) in [6.07, 6.45) is 4.57. The number of para-hydroxylation sites is 1. The van der Waals surface area contributed by atoms with Crippen LogP contribution in [0, 0.1) is 0 Å². The Hall–Kier alpha value is -3.00. The molecule has 1 N–H and O–H groups in total. The van der Waals surface area contributed by atoms with E-state index in [9.17, 15) is 18.0 Å². The standard InChI is InChI=1S/C28H33F3N2O3/c1-35-26-5-3-2-4-25(26)21-16-18-33(19-17-21)23-11-9-22(10-12-23)32-27(34)15-8-20-6-13-24(14-7-20)36-28(29,30)31/h2-8,13-15,21-23H,9-12,16-19H2,1H3,(H,32,34)/b15-8+. The minimum Gasteiger partial charge on any atom is -0.496 e. The number of nitrogens with one attached hydrogen (secondary N) is 1. The molecule has 2 aromatic carbocycles. The first kappa shape index (κ1) is 26.1. The predicted octanol–water partition coefficient (Wildman–Crippen LogP) is 5.91. The normalized spacial score (nSPS) is 21.9. The van der Waals surface area contributed by atoms with Crippen molar-refractivity contribution in [3.8, 4) is 11.5 Å². The van der Waals surface area contributed by atoms with Crippen molar-refractivity contribution in [1.29, 1.82) is 0 Å². The van der Waals surface area contributed by atoms with Gasteiger partial charge < -0.3 is 19.7 Å². The molecular weight excluding hydrogens is 469 g/mol. The molecule has 1 aliphatic carbocycles. The van der Waals surface area contributed by atoms with Gasteiger partial charge in [0.1, 0.15) is 11.5 Å². The van der Waals surface area contributed by atoms with Crippen LogP contribution in [-0.2, 0) is 4.79 Å². The molecule has 8 heteroatoms. The quantitative estimate of drug-likeness (QED) is 0.478. The summed E-state index contributed by atoms with van der Waals surface area (Å²) in [6.45, 7) is 2.17. The molecule has 194 valence electrons. The van der Waals surface area contributed by atoms with Gasteiger partial charge in [-0.15, -0.1) is 13.2 Å². The maximum atomic E-state index is 12.4. The van der Waals surface area contributed by atoms with Crippen molar-refractivity contribution in [2.24, 2.45) is 0 Å². The van der Waals surface area contributed by atoms with E-state index in [2.05, 4.69) is 27.1 Å². The lowest BCUT2D eigenvalue weighted by Crippen LogP contribution is -2.46. The zero-order valence-corrected chi connectivity index (χ0v) is 20.5. The summed E-state index contributed by atoms with van der Waals surface area (Å²) in [5.41, 5.74) is 1.93. The van der Waals surface area contributed by atoms with Crippen molar-refractivity contribution in [2.75, 3.05) is 20.2 Å². The van der Waals surface area contributed by atoms with E-state index in [4.69, 9.17) is 4.74 Å². The topological polar surface area (TPSA) is 50.8 Å². The average Bonchev–Trinajstić information content (AvgIpc) is 2.88. The van der Waals surface area contributed by atoms with Crippen LogP contribution in [0.1, 0.15) is 55.6 Å². The molecule has 2 aliphatic rings. The Kier molecular flexibility index (Phi) is 8.56. The second-order valence-electron chi connectivity index (χ2n) is 9.52. The number of likely N-dealkylation sites (tertiary alicyclic amines) is 1. The molecule has 1 saturated carbocycles. The third-order valence-electron chi connectivity index (χ3n) is 7.21. The Bertz CT molecular complexity index is 1020. The van der Waals surface area contributed by atoms with Crippen LogP contribution >= 0.6 is 0 Å². The zero-order chi connectivity index (χ0) is 25.5. The van der Waals surface area contributed by atoms with Crippen LogP contribution in [0.3, 0.4) is 0 Å². The van der Waals surface area contributed by atoms with E-state index in [1.54, 1.807) is 13.2 Å². The highest BCUT2D eigenvalue weighted by Crippen LogP contribution is 2.36. The average molecular weight is 503 g/mol. The van der Waals surface area contributed by atoms with Gasteiger partial charge in [0, 0.05) is 18.2 Å². The maximum absolute atomic E-state index is 12.4. The van der Waals surface area contributed by atoms with Gasteiger partial charge in [-0.25, -0.2) is 0 Å². The number of ether oxygens (including phenoxy) is 2. The molecule has 0 radical (unpaired) electrons. The fourth-order valence-electron chi connectivity index (χ4n) is 5.37. The number of carbonyl (C=O) groups excluding carboxylic acids is 1. The van der Waals surface area contributed by atoms with Crippen LogP contribution in [0.4, 0.5) is 13.2 Å². The minimum atomic E-state index is -4.72. The third-order valence-corrected chi connectivity index (χ3v) is 7.21. The van der Waals surface area contributed by atoms with Gasteiger partial charge in [0.25, 0.3) is 0 Å². The van der Waals surface area contributed by atoms with Crippen molar-refractivity contribution in [1.82, 2.24) is 10.2 Å². The van der Waals surface area contributed by atoms with Crippen LogP contribution in [0.25, 0.3) is 6.08 Å². The molecule has 1 saturated heterocycles. The lowest BCUT2D eigenvalue weighted by atomic mass is 9.85. The number of benzene rings is 2. The number of methoxy groups -OCH3 is 1. The van der Waals surface area contributed by atoms with Gasteiger partial charge in [0.05, 0.1) is 7.11 Å². The van der Waals surface area contributed by atoms with Crippen molar-refractivity contribution in [3.63, 3.8) is 0 Å². The number of halogens is 3. The molecule has 0 spiro atoms. The molecule has 0 unspecified atom stereocenters. The second-order valence-corrected chi connectivity index (χ2v) is 9.52. The van der Waals surface area contributed by atoms with E-state index in [0.717, 1.165) is 57.4 Å². The Labute approximate surface area is 210 Å². The first-order valence-electron chi connectivity index (χ1n) is 12.5. The molecule has 36 heavy (non-hydrogen) atoms. The smallest absolute Gasteiger partial charge is 0.496 e. The molecule has 0 atom stereocenters. The molecule has 1 aliphatic heterocycles. The van der Waals surface area contributed by atoms with Gasteiger partial charge in [0.15, 0.2) is 0 Å². The lowest BCUT2D eigenvalue weighted by Gasteiger charge is -2.41. The van der Waals surface area contributed by atoms with E-state index in [1.165, 1.54) is 35.9 Å². The highest BCUT2D eigenvalue weighted by atomic mass is 19.4.